The number of hydrogen-bond acceptors (Lipinski definition) is 0. The monoisotopic (exact) mass is 154 g/mol. The molecule has 66 valence electrons. The van der Waals surface area contributed by atoms with Crippen LogP contribution in [0.5, 0.6) is 0 Å². The van der Waals surface area contributed by atoms with Crippen molar-refractivity contribution in [3.8, 4) is 0 Å². The van der Waals surface area contributed by atoms with Crippen LogP contribution in [0.2, 0.25) is 0 Å². The summed E-state index contributed by atoms with van der Waals surface area (Å²) in [7, 11) is 0. The third-order valence-electron chi connectivity index (χ3n) is 3.61. The van der Waals surface area contributed by atoms with Crippen molar-refractivity contribution in [1.82, 2.24) is 0 Å². The first kappa shape index (κ1) is 9.09. The molecule has 0 spiro atoms. The van der Waals surface area contributed by atoms with Gasteiger partial charge in [-0.25, -0.2) is 0 Å². The molecule has 0 saturated heterocycles. The Labute approximate surface area is 71.4 Å². The molecule has 3 atom stereocenters. The lowest BCUT2D eigenvalue weighted by Crippen LogP contribution is -2.06. The van der Waals surface area contributed by atoms with E-state index in [1.54, 1.807) is 0 Å². The standard InChI is InChI=1S/C11H22/c1-4-9(3)11-7-6-10(5-2)8-11/h9-11H,4-8H2,1-3H3. The van der Waals surface area contributed by atoms with E-state index < -0.39 is 0 Å². The summed E-state index contributed by atoms with van der Waals surface area (Å²) in [6.45, 7) is 7.08. The van der Waals surface area contributed by atoms with E-state index in [4.69, 9.17) is 0 Å². The fourth-order valence-corrected chi connectivity index (χ4v) is 2.33. The summed E-state index contributed by atoms with van der Waals surface area (Å²) >= 11 is 0. The van der Waals surface area contributed by atoms with Crippen molar-refractivity contribution in [3.63, 3.8) is 0 Å². The molecule has 0 aromatic heterocycles. The largest absolute Gasteiger partial charge is 0.0651 e. The molecule has 3 unspecified atom stereocenters. The van der Waals surface area contributed by atoms with E-state index in [1.807, 2.05) is 0 Å². The molecule has 0 aromatic rings. The van der Waals surface area contributed by atoms with Crippen LogP contribution < -0.4 is 0 Å². The minimum absolute atomic E-state index is 0.978. The Bertz CT molecular complexity index is 107. The summed E-state index contributed by atoms with van der Waals surface area (Å²) in [6, 6.07) is 0. The summed E-state index contributed by atoms with van der Waals surface area (Å²) in [5.74, 6) is 3.10. The molecule has 1 rings (SSSR count). The van der Waals surface area contributed by atoms with Gasteiger partial charge in [0.15, 0.2) is 0 Å². The molecule has 0 aliphatic heterocycles. The summed E-state index contributed by atoms with van der Waals surface area (Å²) in [5, 5.41) is 0. The van der Waals surface area contributed by atoms with Gasteiger partial charge in [0.2, 0.25) is 0 Å². The van der Waals surface area contributed by atoms with Crippen LogP contribution in [0.15, 0.2) is 0 Å². The maximum atomic E-state index is 2.42. The Hall–Kier alpha value is 0. The molecule has 0 N–H and O–H groups in total. The highest BCUT2D eigenvalue weighted by atomic mass is 14.3. The number of rotatable bonds is 3. The van der Waals surface area contributed by atoms with Gasteiger partial charge in [0.25, 0.3) is 0 Å². The van der Waals surface area contributed by atoms with Crippen LogP contribution in [0, 0.1) is 17.8 Å². The Morgan fingerprint density at radius 3 is 2.45 bits per heavy atom. The summed E-state index contributed by atoms with van der Waals surface area (Å²) in [5.41, 5.74) is 0. The quantitative estimate of drug-likeness (QED) is 0.579. The van der Waals surface area contributed by atoms with E-state index in [0.29, 0.717) is 0 Å². The zero-order chi connectivity index (χ0) is 8.27. The van der Waals surface area contributed by atoms with Gasteiger partial charge in [-0.15, -0.1) is 0 Å². The smallest absolute Gasteiger partial charge is 0.0386 e. The topological polar surface area (TPSA) is 0 Å². The van der Waals surface area contributed by atoms with Crippen molar-refractivity contribution in [2.45, 2.75) is 52.9 Å². The third-order valence-corrected chi connectivity index (χ3v) is 3.61. The molecular weight excluding hydrogens is 132 g/mol. The first-order valence-electron chi connectivity index (χ1n) is 5.27. The molecule has 1 aliphatic carbocycles. The van der Waals surface area contributed by atoms with Crippen LogP contribution >= 0.6 is 0 Å². The lowest BCUT2D eigenvalue weighted by molar-refractivity contribution is 0.342. The van der Waals surface area contributed by atoms with Crippen LogP contribution in [0.3, 0.4) is 0 Å². The Morgan fingerprint density at radius 1 is 1.27 bits per heavy atom. The van der Waals surface area contributed by atoms with Crippen LogP contribution in [-0.2, 0) is 0 Å². The van der Waals surface area contributed by atoms with E-state index in [-0.39, 0.29) is 0 Å². The molecule has 1 saturated carbocycles. The second-order valence-electron chi connectivity index (χ2n) is 4.23. The molecule has 0 radical (unpaired) electrons. The summed E-state index contributed by atoms with van der Waals surface area (Å²) in [4.78, 5) is 0. The zero-order valence-corrected chi connectivity index (χ0v) is 8.27. The average Bonchev–Trinajstić information content (AvgIpc) is 2.50. The Kier molecular flexibility index (Phi) is 3.42. The third kappa shape index (κ3) is 2.21. The highest BCUT2D eigenvalue weighted by Crippen LogP contribution is 2.38. The summed E-state index contributed by atoms with van der Waals surface area (Å²) in [6.07, 6.45) is 7.32. The highest BCUT2D eigenvalue weighted by molar-refractivity contribution is 4.77. The molecule has 0 heterocycles. The fraction of sp³-hybridized carbons (Fsp3) is 1.00. The maximum absolute atomic E-state index is 2.42. The zero-order valence-electron chi connectivity index (χ0n) is 8.27. The Morgan fingerprint density at radius 2 is 2.00 bits per heavy atom. The van der Waals surface area contributed by atoms with Crippen LogP contribution in [0.4, 0.5) is 0 Å². The molecular formula is C11H22. The van der Waals surface area contributed by atoms with Gasteiger partial charge in [-0.1, -0.05) is 40.0 Å². The van der Waals surface area contributed by atoms with Crippen molar-refractivity contribution < 1.29 is 0 Å². The summed E-state index contributed by atoms with van der Waals surface area (Å²) < 4.78 is 0. The van der Waals surface area contributed by atoms with Gasteiger partial charge in [0, 0.05) is 0 Å². The van der Waals surface area contributed by atoms with Gasteiger partial charge < -0.3 is 0 Å². The lowest BCUT2D eigenvalue weighted by Gasteiger charge is -2.16. The lowest BCUT2D eigenvalue weighted by atomic mass is 9.89. The maximum Gasteiger partial charge on any atom is -0.0386 e. The van der Waals surface area contributed by atoms with Gasteiger partial charge in [-0.2, -0.15) is 0 Å². The second kappa shape index (κ2) is 4.13. The van der Waals surface area contributed by atoms with Crippen LogP contribution in [0.1, 0.15) is 52.9 Å². The van der Waals surface area contributed by atoms with E-state index in [1.165, 1.54) is 32.1 Å². The highest BCUT2D eigenvalue weighted by Gasteiger charge is 2.26. The molecule has 11 heavy (non-hydrogen) atoms. The van der Waals surface area contributed by atoms with Gasteiger partial charge in [-0.3, -0.25) is 0 Å². The van der Waals surface area contributed by atoms with E-state index in [9.17, 15) is 0 Å². The van der Waals surface area contributed by atoms with Gasteiger partial charge in [0.1, 0.15) is 0 Å². The van der Waals surface area contributed by atoms with Gasteiger partial charge in [-0.05, 0) is 30.6 Å². The molecule has 0 bridgehead atoms. The predicted octanol–water partition coefficient (Wildman–Crippen LogP) is 3.86. The minimum atomic E-state index is 0.978. The normalized spacial score (nSPS) is 34.1. The van der Waals surface area contributed by atoms with Gasteiger partial charge >= 0.3 is 0 Å². The minimum Gasteiger partial charge on any atom is -0.0651 e. The fourth-order valence-electron chi connectivity index (χ4n) is 2.33. The van der Waals surface area contributed by atoms with E-state index in [2.05, 4.69) is 20.8 Å². The van der Waals surface area contributed by atoms with E-state index in [0.717, 1.165) is 17.8 Å². The van der Waals surface area contributed by atoms with Gasteiger partial charge in [0.05, 0.1) is 0 Å². The molecule has 0 nitrogen and oxygen atoms in total. The SMILES string of the molecule is CCC1CCC(C(C)CC)C1. The molecule has 0 amide bonds. The van der Waals surface area contributed by atoms with Crippen LogP contribution in [-0.4, -0.2) is 0 Å². The molecule has 0 heteroatoms. The van der Waals surface area contributed by atoms with Crippen LogP contribution in [0.25, 0.3) is 0 Å². The van der Waals surface area contributed by atoms with Crippen molar-refractivity contribution >= 4 is 0 Å². The number of hydrogen-bond donors (Lipinski definition) is 0. The first-order valence-corrected chi connectivity index (χ1v) is 5.27. The Balaban J connectivity index is 2.29. The van der Waals surface area contributed by atoms with Crippen molar-refractivity contribution in [2.75, 3.05) is 0 Å². The molecule has 0 aromatic carbocycles. The van der Waals surface area contributed by atoms with E-state index >= 15 is 0 Å². The molecule has 1 fully saturated rings. The van der Waals surface area contributed by atoms with Crippen molar-refractivity contribution in [1.29, 1.82) is 0 Å². The second-order valence-corrected chi connectivity index (χ2v) is 4.23. The van der Waals surface area contributed by atoms with Crippen molar-refractivity contribution in [3.05, 3.63) is 0 Å². The first-order chi connectivity index (χ1) is 5.27. The average molecular weight is 154 g/mol. The predicted molar refractivity (Wildman–Crippen MR) is 50.6 cm³/mol. The van der Waals surface area contributed by atoms with Crippen molar-refractivity contribution in [2.24, 2.45) is 17.8 Å². The molecule has 1 aliphatic rings.